The molecule has 0 saturated heterocycles. The molecule has 0 saturated carbocycles. The fourth-order valence-electron chi connectivity index (χ4n) is 3.15. The third-order valence-electron chi connectivity index (χ3n) is 4.84. The van der Waals surface area contributed by atoms with E-state index in [1.54, 1.807) is 35.6 Å². The van der Waals surface area contributed by atoms with Crippen molar-refractivity contribution in [2.24, 2.45) is 0 Å². The fourth-order valence-corrected chi connectivity index (χ4v) is 4.69. The molecule has 0 spiro atoms. The molecule has 0 fully saturated rings. The van der Waals surface area contributed by atoms with Gasteiger partial charge >= 0.3 is 0 Å². The molecule has 0 aliphatic heterocycles. The largest absolute Gasteiger partial charge is 0.494 e. The first-order chi connectivity index (χ1) is 16.0. The van der Waals surface area contributed by atoms with E-state index in [0.717, 1.165) is 33.6 Å². The fraction of sp³-hybridized carbons (Fsp3) is 0.160. The van der Waals surface area contributed by atoms with Crippen LogP contribution in [0.2, 0.25) is 5.02 Å². The molecule has 2 N–H and O–H groups in total. The Kier molecular flexibility index (Phi) is 7.54. The summed E-state index contributed by atoms with van der Waals surface area (Å²) in [5, 5.41) is 7.29. The number of ether oxygens (including phenoxy) is 1. The molecule has 4 aromatic rings. The van der Waals surface area contributed by atoms with Crippen LogP contribution in [0.25, 0.3) is 20.8 Å². The Balaban J connectivity index is 1.40. The first-order valence-electron chi connectivity index (χ1n) is 10.5. The highest BCUT2D eigenvalue weighted by molar-refractivity contribution is 7.80. The highest BCUT2D eigenvalue weighted by Gasteiger charge is 2.12. The van der Waals surface area contributed by atoms with E-state index in [2.05, 4.69) is 22.5 Å². The second-order valence-electron chi connectivity index (χ2n) is 7.32. The smallest absolute Gasteiger partial charge is 0.257 e. The number of nitrogens with zero attached hydrogens (tertiary/aromatic N) is 1. The molecule has 0 unspecified atom stereocenters. The van der Waals surface area contributed by atoms with Crippen molar-refractivity contribution in [3.05, 3.63) is 77.3 Å². The predicted molar refractivity (Wildman–Crippen MR) is 141 cm³/mol. The van der Waals surface area contributed by atoms with Crippen LogP contribution in [0.3, 0.4) is 0 Å². The van der Waals surface area contributed by atoms with Crippen molar-refractivity contribution in [2.75, 3.05) is 11.9 Å². The summed E-state index contributed by atoms with van der Waals surface area (Å²) in [7, 11) is 0. The summed E-state index contributed by atoms with van der Waals surface area (Å²) in [4.78, 5) is 17.3. The number of halogens is 1. The average Bonchev–Trinajstić information content (AvgIpc) is 3.23. The maximum absolute atomic E-state index is 12.6. The lowest BCUT2D eigenvalue weighted by atomic mass is 10.2. The van der Waals surface area contributed by atoms with Crippen LogP contribution in [-0.4, -0.2) is 22.6 Å². The van der Waals surface area contributed by atoms with Gasteiger partial charge in [0.2, 0.25) is 0 Å². The van der Waals surface area contributed by atoms with E-state index < -0.39 is 0 Å². The van der Waals surface area contributed by atoms with Crippen LogP contribution in [0, 0.1) is 0 Å². The number of hydrogen-bond donors (Lipinski definition) is 2. The molecule has 0 atom stereocenters. The topological polar surface area (TPSA) is 63.2 Å². The second-order valence-corrected chi connectivity index (χ2v) is 9.17. The van der Waals surface area contributed by atoms with Crippen LogP contribution < -0.4 is 15.4 Å². The highest BCUT2D eigenvalue weighted by Crippen LogP contribution is 2.35. The molecular formula is C25H22ClN3O2S2. The Hall–Kier alpha value is -3.00. The van der Waals surface area contributed by atoms with Gasteiger partial charge in [0.1, 0.15) is 10.8 Å². The lowest BCUT2D eigenvalue weighted by molar-refractivity contribution is 0.0977. The average molecular weight is 496 g/mol. The van der Waals surface area contributed by atoms with E-state index in [4.69, 9.17) is 28.6 Å². The van der Waals surface area contributed by atoms with Crippen molar-refractivity contribution in [1.82, 2.24) is 10.3 Å². The van der Waals surface area contributed by atoms with Gasteiger partial charge in [-0.3, -0.25) is 10.1 Å². The van der Waals surface area contributed by atoms with Crippen molar-refractivity contribution >= 4 is 62.1 Å². The van der Waals surface area contributed by atoms with Crippen molar-refractivity contribution in [3.8, 4) is 16.3 Å². The van der Waals surface area contributed by atoms with Crippen molar-refractivity contribution in [2.45, 2.75) is 19.8 Å². The molecule has 0 radical (unpaired) electrons. The minimum Gasteiger partial charge on any atom is -0.494 e. The number of aromatic nitrogens is 1. The van der Waals surface area contributed by atoms with Gasteiger partial charge in [-0.05, 0) is 67.2 Å². The Labute approximate surface area is 206 Å². The van der Waals surface area contributed by atoms with Crippen LogP contribution in [0.4, 0.5) is 5.69 Å². The number of fused-ring (bicyclic) bond motifs is 1. The number of hydrogen-bond acceptors (Lipinski definition) is 5. The lowest BCUT2D eigenvalue weighted by Gasteiger charge is -2.12. The molecule has 8 heteroatoms. The number of thiazole rings is 1. The summed E-state index contributed by atoms with van der Waals surface area (Å²) in [6.07, 6.45) is 2.01. The SMILES string of the molecule is CCCCOc1cccc(C(=O)NC(=S)Nc2ccc(-c3nc4ccccc4s3)c(Cl)c2)c1. The van der Waals surface area contributed by atoms with Crippen LogP contribution >= 0.6 is 35.2 Å². The number of carbonyl (C=O) groups excluding carboxylic acids is 1. The number of nitrogens with one attached hydrogen (secondary N) is 2. The van der Waals surface area contributed by atoms with Gasteiger partial charge in [0, 0.05) is 16.8 Å². The van der Waals surface area contributed by atoms with Crippen LogP contribution in [0.5, 0.6) is 5.75 Å². The quantitative estimate of drug-likeness (QED) is 0.215. The maximum Gasteiger partial charge on any atom is 0.257 e. The number of amides is 1. The predicted octanol–water partition coefficient (Wildman–Crippen LogP) is 6.92. The summed E-state index contributed by atoms with van der Waals surface area (Å²) in [5.41, 5.74) is 2.93. The van der Waals surface area contributed by atoms with E-state index in [-0.39, 0.29) is 11.0 Å². The Bertz CT molecular complexity index is 1270. The van der Waals surface area contributed by atoms with Gasteiger partial charge in [0.15, 0.2) is 5.11 Å². The molecule has 1 heterocycles. The first-order valence-corrected chi connectivity index (χ1v) is 12.1. The molecule has 0 aliphatic carbocycles. The Morgan fingerprint density at radius 2 is 1.97 bits per heavy atom. The van der Waals surface area contributed by atoms with Gasteiger partial charge in [-0.15, -0.1) is 11.3 Å². The third kappa shape index (κ3) is 5.87. The number of anilines is 1. The molecule has 3 aromatic carbocycles. The zero-order valence-corrected chi connectivity index (χ0v) is 20.3. The van der Waals surface area contributed by atoms with Gasteiger partial charge in [0.25, 0.3) is 5.91 Å². The first kappa shape index (κ1) is 23.2. The van der Waals surface area contributed by atoms with Crippen molar-refractivity contribution in [3.63, 3.8) is 0 Å². The van der Waals surface area contributed by atoms with Gasteiger partial charge in [-0.25, -0.2) is 4.98 Å². The molecule has 1 amide bonds. The Morgan fingerprint density at radius 3 is 2.76 bits per heavy atom. The number of thiocarbonyl (C=S) groups is 1. The van der Waals surface area contributed by atoms with Gasteiger partial charge in [-0.1, -0.05) is 43.1 Å². The van der Waals surface area contributed by atoms with E-state index in [9.17, 15) is 4.79 Å². The summed E-state index contributed by atoms with van der Waals surface area (Å²) < 4.78 is 6.78. The van der Waals surface area contributed by atoms with Crippen LogP contribution in [0.15, 0.2) is 66.7 Å². The highest BCUT2D eigenvalue weighted by atomic mass is 35.5. The molecule has 33 heavy (non-hydrogen) atoms. The molecule has 168 valence electrons. The van der Waals surface area contributed by atoms with E-state index in [1.807, 2.05) is 42.5 Å². The summed E-state index contributed by atoms with van der Waals surface area (Å²) in [6, 6.07) is 20.5. The normalized spacial score (nSPS) is 10.7. The summed E-state index contributed by atoms with van der Waals surface area (Å²) in [5.74, 6) is 0.345. The molecule has 5 nitrogen and oxygen atoms in total. The number of carbonyl (C=O) groups is 1. The Morgan fingerprint density at radius 1 is 1.12 bits per heavy atom. The van der Waals surface area contributed by atoms with E-state index in [0.29, 0.717) is 28.6 Å². The lowest BCUT2D eigenvalue weighted by Crippen LogP contribution is -2.34. The van der Waals surface area contributed by atoms with Crippen LogP contribution in [0.1, 0.15) is 30.1 Å². The zero-order valence-electron chi connectivity index (χ0n) is 17.9. The van der Waals surface area contributed by atoms with Crippen molar-refractivity contribution < 1.29 is 9.53 Å². The van der Waals surface area contributed by atoms with E-state index in [1.165, 1.54) is 0 Å². The number of benzene rings is 3. The number of unbranched alkanes of at least 4 members (excludes halogenated alkanes) is 1. The minimum atomic E-state index is -0.314. The molecule has 0 aliphatic rings. The van der Waals surface area contributed by atoms with Gasteiger partial charge in [0.05, 0.1) is 21.8 Å². The second kappa shape index (κ2) is 10.7. The molecule has 1 aromatic heterocycles. The van der Waals surface area contributed by atoms with Crippen LogP contribution in [-0.2, 0) is 0 Å². The maximum atomic E-state index is 12.6. The monoisotopic (exact) mass is 495 g/mol. The number of para-hydroxylation sites is 1. The van der Waals surface area contributed by atoms with Gasteiger partial charge in [-0.2, -0.15) is 0 Å². The summed E-state index contributed by atoms with van der Waals surface area (Å²) in [6.45, 7) is 2.72. The van der Waals surface area contributed by atoms with Gasteiger partial charge < -0.3 is 10.1 Å². The summed E-state index contributed by atoms with van der Waals surface area (Å²) >= 11 is 13.4. The minimum absolute atomic E-state index is 0.182. The molecule has 4 rings (SSSR count). The number of rotatable bonds is 7. The molecule has 0 bridgehead atoms. The molecular weight excluding hydrogens is 474 g/mol. The third-order valence-corrected chi connectivity index (χ3v) is 6.43. The zero-order chi connectivity index (χ0) is 23.2. The van der Waals surface area contributed by atoms with E-state index >= 15 is 0 Å². The standard InChI is InChI=1S/C25H22ClN3O2S2/c1-2-3-13-31-18-8-6-7-16(14-18)23(30)29-25(32)27-17-11-12-19(20(26)15-17)24-28-21-9-4-5-10-22(21)33-24/h4-12,14-15H,2-3,13H2,1H3,(H2,27,29,30,32). The van der Waals surface area contributed by atoms with Crippen molar-refractivity contribution in [1.29, 1.82) is 0 Å².